The maximum atomic E-state index is 12.1. The first kappa shape index (κ1) is 17.4. The molecule has 2 atom stereocenters. The summed E-state index contributed by atoms with van der Waals surface area (Å²) < 4.78 is 40.2. The van der Waals surface area contributed by atoms with Gasteiger partial charge < -0.3 is 10.1 Å². The maximum absolute atomic E-state index is 12.1. The van der Waals surface area contributed by atoms with E-state index in [-0.39, 0.29) is 18.2 Å². The van der Waals surface area contributed by atoms with Crippen molar-refractivity contribution >= 4 is 12.4 Å². The third-order valence-electron chi connectivity index (χ3n) is 4.30. The smallest absolute Gasteiger partial charge is 0.406 e. The van der Waals surface area contributed by atoms with Crippen molar-refractivity contribution in [3.05, 3.63) is 29.8 Å². The summed E-state index contributed by atoms with van der Waals surface area (Å²) in [5.74, 6) is 0.552. The van der Waals surface area contributed by atoms with Crippen LogP contribution in [-0.4, -0.2) is 36.9 Å². The number of rotatable bonds is 3. The number of nitrogens with one attached hydrogen (secondary N) is 1. The molecule has 22 heavy (non-hydrogen) atoms. The van der Waals surface area contributed by atoms with E-state index >= 15 is 0 Å². The number of likely N-dealkylation sites (tertiary alicyclic amines) is 1. The lowest BCUT2D eigenvalue weighted by atomic mass is 9.93. The Balaban J connectivity index is 0.00000176. The lowest BCUT2D eigenvalue weighted by molar-refractivity contribution is -0.274. The van der Waals surface area contributed by atoms with E-state index < -0.39 is 6.36 Å². The molecule has 3 rings (SSSR count). The molecule has 0 aliphatic carbocycles. The second kappa shape index (κ2) is 7.06. The van der Waals surface area contributed by atoms with Gasteiger partial charge in [0.2, 0.25) is 0 Å². The summed E-state index contributed by atoms with van der Waals surface area (Å²) in [5.41, 5.74) is 1.02. The molecule has 2 aliphatic heterocycles. The maximum Gasteiger partial charge on any atom is 0.573 e. The first-order valence-electron chi connectivity index (χ1n) is 7.30. The molecule has 0 aromatic heterocycles. The Hall–Kier alpha value is -0.980. The lowest BCUT2D eigenvalue weighted by Crippen LogP contribution is -2.43. The molecular formula is C15H20ClF3N2O. The fraction of sp³-hybridized carbons (Fsp3) is 0.600. The number of piperidine rings is 1. The molecular weight excluding hydrogens is 317 g/mol. The van der Waals surface area contributed by atoms with Crippen LogP contribution in [0.3, 0.4) is 0 Å². The Labute approximate surface area is 134 Å². The van der Waals surface area contributed by atoms with Crippen molar-refractivity contribution in [2.75, 3.05) is 19.6 Å². The molecule has 0 spiro atoms. The molecule has 1 aromatic carbocycles. The van der Waals surface area contributed by atoms with Crippen molar-refractivity contribution in [2.24, 2.45) is 5.92 Å². The average molecular weight is 337 g/mol. The summed E-state index contributed by atoms with van der Waals surface area (Å²) in [4.78, 5) is 2.38. The van der Waals surface area contributed by atoms with Gasteiger partial charge >= 0.3 is 6.36 Å². The van der Waals surface area contributed by atoms with Crippen molar-refractivity contribution < 1.29 is 17.9 Å². The number of benzene rings is 1. The third kappa shape index (κ3) is 4.51. The highest BCUT2D eigenvalue weighted by Crippen LogP contribution is 2.26. The van der Waals surface area contributed by atoms with Crippen LogP contribution in [0.5, 0.6) is 5.75 Å². The van der Waals surface area contributed by atoms with E-state index in [4.69, 9.17) is 0 Å². The second-order valence-corrected chi connectivity index (χ2v) is 5.82. The molecule has 2 fully saturated rings. The minimum atomic E-state index is -4.63. The molecule has 2 heterocycles. The van der Waals surface area contributed by atoms with Crippen LogP contribution in [0.4, 0.5) is 13.2 Å². The van der Waals surface area contributed by atoms with Crippen molar-refractivity contribution in [2.45, 2.75) is 31.8 Å². The molecule has 124 valence electrons. The SMILES string of the molecule is Cl.FC(F)(F)Oc1ccc(CN2CCC3NCCC3C2)cc1. The zero-order chi connectivity index (χ0) is 14.9. The van der Waals surface area contributed by atoms with E-state index in [1.807, 2.05) is 0 Å². The van der Waals surface area contributed by atoms with Crippen LogP contribution >= 0.6 is 12.4 Å². The molecule has 0 amide bonds. The van der Waals surface area contributed by atoms with E-state index in [2.05, 4.69) is 15.0 Å². The Bertz CT molecular complexity index is 481. The molecule has 2 unspecified atom stereocenters. The van der Waals surface area contributed by atoms with E-state index in [9.17, 15) is 13.2 Å². The normalized spacial score (nSPS) is 25.4. The fourth-order valence-electron chi connectivity index (χ4n) is 3.32. The van der Waals surface area contributed by atoms with Crippen molar-refractivity contribution in [3.8, 4) is 5.75 Å². The molecule has 2 saturated heterocycles. The van der Waals surface area contributed by atoms with Crippen LogP contribution in [0.1, 0.15) is 18.4 Å². The summed E-state index contributed by atoms with van der Waals surface area (Å²) in [7, 11) is 0. The highest BCUT2D eigenvalue weighted by molar-refractivity contribution is 5.85. The van der Waals surface area contributed by atoms with E-state index in [0.29, 0.717) is 12.0 Å². The number of hydrogen-bond acceptors (Lipinski definition) is 3. The summed E-state index contributed by atoms with van der Waals surface area (Å²) in [6.07, 6.45) is -2.25. The predicted molar refractivity (Wildman–Crippen MR) is 80.2 cm³/mol. The van der Waals surface area contributed by atoms with Crippen LogP contribution in [0.15, 0.2) is 24.3 Å². The molecule has 2 aliphatic rings. The molecule has 7 heteroatoms. The molecule has 3 nitrogen and oxygen atoms in total. The quantitative estimate of drug-likeness (QED) is 0.917. The molecule has 0 saturated carbocycles. The molecule has 1 N–H and O–H groups in total. The number of hydrogen-bond donors (Lipinski definition) is 1. The number of nitrogens with zero attached hydrogens (tertiary/aromatic N) is 1. The van der Waals surface area contributed by atoms with Crippen LogP contribution < -0.4 is 10.1 Å². The minimum absolute atomic E-state index is 0. The van der Waals surface area contributed by atoms with Gasteiger partial charge in [0.25, 0.3) is 0 Å². The largest absolute Gasteiger partial charge is 0.573 e. The van der Waals surface area contributed by atoms with Gasteiger partial charge in [-0.15, -0.1) is 25.6 Å². The Morgan fingerprint density at radius 1 is 1.18 bits per heavy atom. The zero-order valence-electron chi connectivity index (χ0n) is 12.1. The zero-order valence-corrected chi connectivity index (χ0v) is 12.9. The minimum Gasteiger partial charge on any atom is -0.406 e. The van der Waals surface area contributed by atoms with Crippen molar-refractivity contribution in [3.63, 3.8) is 0 Å². The highest BCUT2D eigenvalue weighted by Gasteiger charge is 2.33. The summed E-state index contributed by atoms with van der Waals surface area (Å²) in [6.45, 7) is 4.00. The highest BCUT2D eigenvalue weighted by atomic mass is 35.5. The second-order valence-electron chi connectivity index (χ2n) is 5.82. The van der Waals surface area contributed by atoms with Crippen LogP contribution in [0.25, 0.3) is 0 Å². The average Bonchev–Trinajstić information content (AvgIpc) is 2.87. The molecule has 0 radical (unpaired) electrons. The predicted octanol–water partition coefficient (Wildman–Crippen LogP) is 3.19. The Kier molecular flexibility index (Phi) is 5.58. The number of ether oxygens (including phenoxy) is 1. The van der Waals surface area contributed by atoms with Gasteiger partial charge in [-0.2, -0.15) is 0 Å². The molecule has 1 aromatic rings. The van der Waals surface area contributed by atoms with Crippen LogP contribution in [0, 0.1) is 5.92 Å². The van der Waals surface area contributed by atoms with Gasteiger partial charge in [0, 0.05) is 19.1 Å². The van der Waals surface area contributed by atoms with E-state index in [1.165, 1.54) is 18.6 Å². The van der Waals surface area contributed by atoms with Gasteiger partial charge in [-0.3, -0.25) is 4.90 Å². The third-order valence-corrected chi connectivity index (χ3v) is 4.30. The van der Waals surface area contributed by atoms with Gasteiger partial charge in [0.1, 0.15) is 5.75 Å². The van der Waals surface area contributed by atoms with Gasteiger partial charge in [-0.05, 0) is 49.5 Å². The van der Waals surface area contributed by atoms with Crippen LogP contribution in [-0.2, 0) is 6.54 Å². The first-order chi connectivity index (χ1) is 9.99. The van der Waals surface area contributed by atoms with Gasteiger partial charge in [-0.1, -0.05) is 12.1 Å². The van der Waals surface area contributed by atoms with Crippen LogP contribution in [0.2, 0.25) is 0 Å². The Morgan fingerprint density at radius 2 is 1.91 bits per heavy atom. The topological polar surface area (TPSA) is 24.5 Å². The first-order valence-corrected chi connectivity index (χ1v) is 7.30. The van der Waals surface area contributed by atoms with E-state index in [0.717, 1.165) is 38.2 Å². The van der Waals surface area contributed by atoms with Gasteiger partial charge in [-0.25, -0.2) is 0 Å². The van der Waals surface area contributed by atoms with Gasteiger partial charge in [0.15, 0.2) is 0 Å². The van der Waals surface area contributed by atoms with Gasteiger partial charge in [0.05, 0.1) is 0 Å². The van der Waals surface area contributed by atoms with E-state index in [1.54, 1.807) is 12.1 Å². The number of alkyl halides is 3. The summed E-state index contributed by atoms with van der Waals surface area (Å²) >= 11 is 0. The van der Waals surface area contributed by atoms with Crippen molar-refractivity contribution in [1.82, 2.24) is 10.2 Å². The monoisotopic (exact) mass is 336 g/mol. The standard InChI is InChI=1S/C15H19F3N2O.ClH/c16-15(17,18)21-13-3-1-11(2-4-13)9-20-8-6-14-12(10-20)5-7-19-14;/h1-4,12,14,19H,5-10H2;1H. The number of fused-ring (bicyclic) bond motifs is 1. The Morgan fingerprint density at radius 3 is 2.59 bits per heavy atom. The molecule has 0 bridgehead atoms. The lowest BCUT2D eigenvalue weighted by Gasteiger charge is -2.34. The number of halogens is 4. The fourth-order valence-corrected chi connectivity index (χ4v) is 3.32. The van der Waals surface area contributed by atoms with Crippen molar-refractivity contribution in [1.29, 1.82) is 0 Å². The summed E-state index contributed by atoms with van der Waals surface area (Å²) in [5, 5.41) is 3.52. The summed E-state index contributed by atoms with van der Waals surface area (Å²) in [6, 6.07) is 6.84.